The van der Waals surface area contributed by atoms with E-state index in [9.17, 15) is 5.11 Å². The van der Waals surface area contributed by atoms with Crippen LogP contribution in [0, 0.1) is 19.8 Å². The van der Waals surface area contributed by atoms with Crippen molar-refractivity contribution in [1.29, 1.82) is 0 Å². The lowest BCUT2D eigenvalue weighted by atomic mass is 10.2. The van der Waals surface area contributed by atoms with Crippen LogP contribution in [0.2, 0.25) is 0 Å². The van der Waals surface area contributed by atoms with E-state index in [1.54, 1.807) is 0 Å². The molecule has 5 nitrogen and oxygen atoms in total. The molecule has 0 bridgehead atoms. The van der Waals surface area contributed by atoms with Crippen LogP contribution in [-0.4, -0.2) is 45.0 Å². The molecule has 0 saturated heterocycles. The van der Waals surface area contributed by atoms with E-state index in [0.717, 1.165) is 29.5 Å². The predicted molar refractivity (Wildman–Crippen MR) is 81.6 cm³/mol. The molecule has 114 valence electrons. The predicted octanol–water partition coefficient (Wildman–Crippen LogP) is 1.56. The van der Waals surface area contributed by atoms with Gasteiger partial charge < -0.3 is 10.8 Å². The van der Waals surface area contributed by atoms with Gasteiger partial charge in [-0.05, 0) is 46.5 Å². The molecule has 1 aliphatic rings. The minimum atomic E-state index is -0.409. The van der Waals surface area contributed by atoms with Gasteiger partial charge in [0.05, 0.1) is 29.7 Å². The monoisotopic (exact) mass is 280 g/mol. The fraction of sp³-hybridized carbons (Fsp3) is 0.800. The number of hydrogen-bond donors (Lipinski definition) is 2. The van der Waals surface area contributed by atoms with Crippen LogP contribution in [0.5, 0.6) is 0 Å². The summed E-state index contributed by atoms with van der Waals surface area (Å²) in [6.07, 6.45) is 2.27. The zero-order valence-corrected chi connectivity index (χ0v) is 13.1. The van der Waals surface area contributed by atoms with Crippen molar-refractivity contribution >= 4 is 5.69 Å². The first-order valence-electron chi connectivity index (χ1n) is 7.60. The minimum Gasteiger partial charge on any atom is -0.396 e. The highest BCUT2D eigenvalue weighted by atomic mass is 16.3. The fourth-order valence-electron chi connectivity index (χ4n) is 2.54. The highest BCUT2D eigenvalue weighted by molar-refractivity contribution is 5.46. The van der Waals surface area contributed by atoms with Gasteiger partial charge in [0.25, 0.3) is 0 Å². The summed E-state index contributed by atoms with van der Waals surface area (Å²) < 4.78 is 1.82. The Kier molecular flexibility index (Phi) is 4.70. The number of hydrogen-bond acceptors (Lipinski definition) is 4. The lowest BCUT2D eigenvalue weighted by Gasteiger charge is -2.28. The van der Waals surface area contributed by atoms with Gasteiger partial charge in [0.15, 0.2) is 0 Å². The third-order valence-corrected chi connectivity index (χ3v) is 4.19. The normalized spacial score (nSPS) is 17.1. The molecule has 2 rings (SSSR count). The number of aromatic nitrogens is 2. The topological polar surface area (TPSA) is 67.3 Å². The molecule has 1 aromatic rings. The molecule has 1 aliphatic carbocycles. The fourth-order valence-corrected chi connectivity index (χ4v) is 2.54. The number of anilines is 1. The van der Waals surface area contributed by atoms with Crippen molar-refractivity contribution in [2.24, 2.45) is 5.92 Å². The van der Waals surface area contributed by atoms with Crippen molar-refractivity contribution in [3.63, 3.8) is 0 Å². The van der Waals surface area contributed by atoms with Crippen LogP contribution < -0.4 is 5.73 Å². The molecule has 1 heterocycles. The number of nitrogens with two attached hydrogens (primary N) is 1. The van der Waals surface area contributed by atoms with E-state index in [4.69, 9.17) is 5.73 Å². The summed E-state index contributed by atoms with van der Waals surface area (Å²) in [6, 6.07) is 0.468. The second kappa shape index (κ2) is 6.14. The zero-order valence-electron chi connectivity index (χ0n) is 13.1. The van der Waals surface area contributed by atoms with Crippen molar-refractivity contribution in [1.82, 2.24) is 14.7 Å². The van der Waals surface area contributed by atoms with E-state index in [1.165, 1.54) is 12.8 Å². The average Bonchev–Trinajstić information content (AvgIpc) is 3.15. The standard InChI is InChI=1S/C15H28N4O/c1-10(2)18(7-13-5-6-13)8-14(20)9-19-12(4)15(16)11(3)17-19/h10,13-14,20H,5-9,16H2,1-4H3. The minimum absolute atomic E-state index is 0.409. The Labute approximate surface area is 121 Å². The number of aliphatic hydroxyl groups excluding tert-OH is 1. The Morgan fingerprint density at radius 2 is 2.05 bits per heavy atom. The molecule has 20 heavy (non-hydrogen) atoms. The molecule has 3 N–H and O–H groups in total. The smallest absolute Gasteiger partial charge is 0.0862 e. The lowest BCUT2D eigenvalue weighted by molar-refractivity contribution is 0.0772. The second-order valence-corrected chi connectivity index (χ2v) is 6.41. The molecule has 0 spiro atoms. The summed E-state index contributed by atoms with van der Waals surface area (Å²) in [6.45, 7) is 10.6. The maximum absolute atomic E-state index is 10.3. The Balaban J connectivity index is 1.92. The van der Waals surface area contributed by atoms with Gasteiger partial charge >= 0.3 is 0 Å². The highest BCUT2D eigenvalue weighted by Crippen LogP contribution is 2.30. The average molecular weight is 280 g/mol. The van der Waals surface area contributed by atoms with Crippen LogP contribution in [0.15, 0.2) is 0 Å². The molecular weight excluding hydrogens is 252 g/mol. The van der Waals surface area contributed by atoms with Crippen LogP contribution in [0.3, 0.4) is 0 Å². The van der Waals surface area contributed by atoms with Gasteiger partial charge in [0.2, 0.25) is 0 Å². The molecule has 1 saturated carbocycles. The third kappa shape index (κ3) is 3.73. The van der Waals surface area contributed by atoms with Gasteiger partial charge in [-0.3, -0.25) is 9.58 Å². The largest absolute Gasteiger partial charge is 0.396 e. The van der Waals surface area contributed by atoms with Crippen molar-refractivity contribution < 1.29 is 5.11 Å². The number of aliphatic hydroxyl groups is 1. The molecule has 0 radical (unpaired) electrons. The van der Waals surface area contributed by atoms with Crippen molar-refractivity contribution in [2.45, 2.75) is 59.2 Å². The van der Waals surface area contributed by atoms with Gasteiger partial charge in [0, 0.05) is 19.1 Å². The number of rotatable bonds is 7. The number of nitrogens with zero attached hydrogens (tertiary/aromatic N) is 3. The van der Waals surface area contributed by atoms with Crippen LogP contribution in [0.25, 0.3) is 0 Å². The van der Waals surface area contributed by atoms with Crippen LogP contribution in [-0.2, 0) is 6.54 Å². The van der Waals surface area contributed by atoms with Crippen LogP contribution in [0.1, 0.15) is 38.1 Å². The third-order valence-electron chi connectivity index (χ3n) is 4.19. The van der Waals surface area contributed by atoms with E-state index in [-0.39, 0.29) is 0 Å². The number of nitrogen functional groups attached to an aromatic ring is 1. The van der Waals surface area contributed by atoms with Gasteiger partial charge in [-0.2, -0.15) is 5.10 Å². The van der Waals surface area contributed by atoms with E-state index in [1.807, 2.05) is 18.5 Å². The Hall–Kier alpha value is -1.07. The van der Waals surface area contributed by atoms with Crippen LogP contribution in [0.4, 0.5) is 5.69 Å². The van der Waals surface area contributed by atoms with Gasteiger partial charge in [0.1, 0.15) is 0 Å². The highest BCUT2D eigenvalue weighted by Gasteiger charge is 2.26. The molecule has 1 unspecified atom stereocenters. The van der Waals surface area contributed by atoms with E-state index >= 15 is 0 Å². The molecule has 5 heteroatoms. The summed E-state index contributed by atoms with van der Waals surface area (Å²) in [5.74, 6) is 0.842. The number of aryl methyl sites for hydroxylation is 1. The summed E-state index contributed by atoms with van der Waals surface area (Å²) in [4.78, 5) is 2.37. The second-order valence-electron chi connectivity index (χ2n) is 6.41. The maximum Gasteiger partial charge on any atom is 0.0862 e. The molecule has 0 aromatic carbocycles. The first-order valence-corrected chi connectivity index (χ1v) is 7.60. The van der Waals surface area contributed by atoms with Crippen LogP contribution >= 0.6 is 0 Å². The zero-order chi connectivity index (χ0) is 14.9. The summed E-state index contributed by atoms with van der Waals surface area (Å²) in [7, 11) is 0. The molecule has 0 aliphatic heterocycles. The van der Waals surface area contributed by atoms with E-state index in [2.05, 4.69) is 23.8 Å². The maximum atomic E-state index is 10.3. The Bertz CT molecular complexity index is 451. The van der Waals surface area contributed by atoms with E-state index in [0.29, 0.717) is 19.1 Å². The van der Waals surface area contributed by atoms with Gasteiger partial charge in [-0.25, -0.2) is 0 Å². The lowest BCUT2D eigenvalue weighted by Crippen LogP contribution is -2.40. The molecule has 1 aromatic heterocycles. The summed E-state index contributed by atoms with van der Waals surface area (Å²) in [5, 5.41) is 14.7. The first kappa shape index (κ1) is 15.3. The van der Waals surface area contributed by atoms with Crippen molar-refractivity contribution in [3.8, 4) is 0 Å². The molecule has 0 amide bonds. The summed E-state index contributed by atoms with van der Waals surface area (Å²) in [5.41, 5.74) is 8.44. The summed E-state index contributed by atoms with van der Waals surface area (Å²) >= 11 is 0. The van der Waals surface area contributed by atoms with E-state index < -0.39 is 6.10 Å². The Morgan fingerprint density at radius 3 is 2.50 bits per heavy atom. The Morgan fingerprint density at radius 1 is 1.40 bits per heavy atom. The molecule has 1 fully saturated rings. The first-order chi connectivity index (χ1) is 9.38. The van der Waals surface area contributed by atoms with Crippen molar-refractivity contribution in [3.05, 3.63) is 11.4 Å². The van der Waals surface area contributed by atoms with Gasteiger partial charge in [-0.15, -0.1) is 0 Å². The molecular formula is C15H28N4O. The van der Waals surface area contributed by atoms with Gasteiger partial charge in [-0.1, -0.05) is 0 Å². The van der Waals surface area contributed by atoms with Crippen molar-refractivity contribution in [2.75, 3.05) is 18.8 Å². The SMILES string of the molecule is Cc1nn(CC(O)CN(CC2CC2)C(C)C)c(C)c1N. The molecule has 1 atom stereocenters. The quantitative estimate of drug-likeness (QED) is 0.795.